The van der Waals surface area contributed by atoms with Gasteiger partial charge in [0.05, 0.1) is 18.4 Å². The third kappa shape index (κ3) is 4.61. The molecule has 2 N–H and O–H groups in total. The van der Waals surface area contributed by atoms with Crippen molar-refractivity contribution in [3.05, 3.63) is 65.7 Å². The first-order valence-electron chi connectivity index (χ1n) is 9.82. The molecule has 4 rings (SSSR count). The molecule has 6 nitrogen and oxygen atoms in total. The quantitative estimate of drug-likeness (QED) is 0.739. The summed E-state index contributed by atoms with van der Waals surface area (Å²) in [4.78, 5) is 20.0. The molecule has 164 valence electrons. The van der Waals surface area contributed by atoms with Crippen LogP contribution in [0.4, 0.5) is 23.7 Å². The summed E-state index contributed by atoms with van der Waals surface area (Å²) in [5, 5.41) is 2.86. The molecule has 31 heavy (non-hydrogen) atoms. The smallest absolute Gasteiger partial charge is 0.416 e. The molecule has 1 saturated heterocycles. The fraction of sp³-hybridized carbons (Fsp3) is 0.318. The van der Waals surface area contributed by atoms with E-state index in [0.717, 1.165) is 12.1 Å². The normalized spacial score (nSPS) is 17.8. The summed E-state index contributed by atoms with van der Waals surface area (Å²) in [5.41, 5.74) is 3.47. The van der Waals surface area contributed by atoms with E-state index in [1.54, 1.807) is 36.3 Å². The lowest BCUT2D eigenvalue weighted by Crippen LogP contribution is -2.48. The molecule has 0 atom stereocenters. The number of nitrogens with one attached hydrogen (secondary N) is 2. The topological polar surface area (TPSA) is 62.8 Å². The molecule has 2 aliphatic heterocycles. The van der Waals surface area contributed by atoms with E-state index in [1.807, 2.05) is 6.08 Å². The van der Waals surface area contributed by atoms with Gasteiger partial charge in [-0.3, -0.25) is 10.3 Å². The summed E-state index contributed by atoms with van der Waals surface area (Å²) in [6.45, 7) is 0.973. The number of hydrogen-bond donors (Lipinski definition) is 2. The molecule has 9 heteroatoms. The fourth-order valence-electron chi connectivity index (χ4n) is 3.67. The van der Waals surface area contributed by atoms with Crippen molar-refractivity contribution >= 4 is 17.4 Å². The number of carbonyl (C=O) groups is 1. The van der Waals surface area contributed by atoms with Gasteiger partial charge < -0.3 is 15.0 Å². The van der Waals surface area contributed by atoms with Crippen molar-refractivity contribution in [2.45, 2.75) is 24.6 Å². The minimum absolute atomic E-state index is 0.196. The van der Waals surface area contributed by atoms with Gasteiger partial charge in [-0.25, -0.2) is 4.79 Å². The van der Waals surface area contributed by atoms with Gasteiger partial charge in [0.25, 0.3) is 0 Å². The third-order valence-corrected chi connectivity index (χ3v) is 5.53. The number of hydrogen-bond acceptors (Lipinski definition) is 4. The van der Waals surface area contributed by atoms with E-state index in [-0.39, 0.29) is 6.03 Å². The van der Waals surface area contributed by atoms with Crippen LogP contribution in [-0.2, 0) is 11.0 Å². The van der Waals surface area contributed by atoms with Gasteiger partial charge in [-0.05, 0) is 48.0 Å². The maximum absolute atomic E-state index is 12.8. The first kappa shape index (κ1) is 21.0. The second-order valence-corrected chi connectivity index (χ2v) is 7.55. The Morgan fingerprint density at radius 3 is 2.32 bits per heavy atom. The first-order chi connectivity index (χ1) is 14.8. The second-order valence-electron chi connectivity index (χ2n) is 7.55. The number of rotatable bonds is 3. The predicted octanol–water partition coefficient (Wildman–Crippen LogP) is 4.66. The highest BCUT2D eigenvalue weighted by Gasteiger charge is 2.40. The van der Waals surface area contributed by atoms with Crippen LogP contribution in [0.1, 0.15) is 24.0 Å². The van der Waals surface area contributed by atoms with Crippen LogP contribution in [-0.4, -0.2) is 36.7 Å². The maximum atomic E-state index is 12.8. The largest absolute Gasteiger partial charge is 0.497 e. The molecule has 0 bridgehead atoms. The molecule has 0 radical (unpaired) electrons. The fourth-order valence-corrected chi connectivity index (χ4v) is 3.67. The van der Waals surface area contributed by atoms with E-state index in [9.17, 15) is 18.0 Å². The molecule has 2 aromatic carbocycles. The molecule has 0 aliphatic carbocycles. The van der Waals surface area contributed by atoms with Gasteiger partial charge in [-0.2, -0.15) is 13.2 Å². The number of hydroxylamine groups is 1. The number of methoxy groups -OCH3 is 1. The molecular formula is C22H22F3N3O3. The van der Waals surface area contributed by atoms with Crippen molar-refractivity contribution in [1.82, 2.24) is 10.4 Å². The minimum atomic E-state index is -4.37. The average molecular weight is 433 g/mol. The van der Waals surface area contributed by atoms with Gasteiger partial charge in [0.2, 0.25) is 0 Å². The summed E-state index contributed by atoms with van der Waals surface area (Å²) in [5.74, 6) is 0.708. The van der Waals surface area contributed by atoms with Gasteiger partial charge in [0.1, 0.15) is 11.4 Å². The molecule has 1 spiro atoms. The molecule has 2 heterocycles. The highest BCUT2D eigenvalue weighted by Crippen LogP contribution is 2.36. The lowest BCUT2D eigenvalue weighted by Gasteiger charge is -2.36. The van der Waals surface area contributed by atoms with Crippen molar-refractivity contribution < 1.29 is 27.5 Å². The zero-order valence-corrected chi connectivity index (χ0v) is 16.8. The standard InChI is InChI=1S/C22H22F3N3O3/c1-30-18-8-6-17(7-9-18)26-20(29)28-12-10-21(11-13-28)14-19(27-31-21)15-2-4-16(5-3-15)22(23,24)25/h2-9,14,27H,10-13H2,1H3,(H,26,29). The Labute approximate surface area is 177 Å². The molecule has 2 aliphatic rings. The van der Waals surface area contributed by atoms with E-state index < -0.39 is 17.3 Å². The van der Waals surface area contributed by atoms with Crippen LogP contribution >= 0.6 is 0 Å². The zero-order valence-electron chi connectivity index (χ0n) is 16.8. The van der Waals surface area contributed by atoms with Crippen molar-refractivity contribution in [1.29, 1.82) is 0 Å². The molecule has 0 saturated carbocycles. The number of ether oxygens (including phenoxy) is 1. The summed E-state index contributed by atoms with van der Waals surface area (Å²) >= 11 is 0. The van der Waals surface area contributed by atoms with Crippen molar-refractivity contribution in [3.8, 4) is 5.75 Å². The Morgan fingerprint density at radius 2 is 1.74 bits per heavy atom. The number of nitrogens with zero attached hydrogens (tertiary/aromatic N) is 1. The summed E-state index contributed by atoms with van der Waals surface area (Å²) in [6, 6.07) is 11.8. The van der Waals surface area contributed by atoms with Gasteiger partial charge >= 0.3 is 12.2 Å². The monoisotopic (exact) mass is 433 g/mol. The number of piperidine rings is 1. The number of likely N-dealkylation sites (tertiary alicyclic amines) is 1. The summed E-state index contributed by atoms with van der Waals surface area (Å²) in [7, 11) is 1.58. The van der Waals surface area contributed by atoms with E-state index in [4.69, 9.17) is 9.57 Å². The maximum Gasteiger partial charge on any atom is 0.416 e. The molecule has 0 unspecified atom stereocenters. The van der Waals surface area contributed by atoms with Gasteiger partial charge in [0, 0.05) is 31.6 Å². The van der Waals surface area contributed by atoms with Crippen molar-refractivity contribution in [2.75, 3.05) is 25.5 Å². The minimum Gasteiger partial charge on any atom is -0.497 e. The van der Waals surface area contributed by atoms with Crippen LogP contribution in [0.25, 0.3) is 5.70 Å². The number of benzene rings is 2. The Bertz CT molecular complexity index is 964. The van der Waals surface area contributed by atoms with E-state index in [0.29, 0.717) is 48.6 Å². The Hall–Kier alpha value is -3.20. The number of urea groups is 1. The third-order valence-electron chi connectivity index (χ3n) is 5.53. The zero-order chi connectivity index (χ0) is 22.1. The Balaban J connectivity index is 1.36. The van der Waals surface area contributed by atoms with Crippen LogP contribution in [0, 0.1) is 0 Å². The lowest BCUT2D eigenvalue weighted by molar-refractivity contribution is -0.137. The van der Waals surface area contributed by atoms with Crippen LogP contribution in [0.5, 0.6) is 5.75 Å². The van der Waals surface area contributed by atoms with Crippen LogP contribution < -0.4 is 15.5 Å². The second kappa shape index (κ2) is 8.14. The number of halogens is 3. The van der Waals surface area contributed by atoms with Gasteiger partial charge in [-0.1, -0.05) is 12.1 Å². The number of anilines is 1. The van der Waals surface area contributed by atoms with Crippen LogP contribution in [0.2, 0.25) is 0 Å². The van der Waals surface area contributed by atoms with Gasteiger partial charge in [0.15, 0.2) is 0 Å². The van der Waals surface area contributed by atoms with Crippen LogP contribution in [0.15, 0.2) is 54.6 Å². The van der Waals surface area contributed by atoms with E-state index in [2.05, 4.69) is 10.8 Å². The molecule has 1 fully saturated rings. The van der Waals surface area contributed by atoms with Gasteiger partial charge in [-0.15, -0.1) is 0 Å². The lowest BCUT2D eigenvalue weighted by atomic mass is 9.90. The van der Waals surface area contributed by atoms with E-state index >= 15 is 0 Å². The number of alkyl halides is 3. The Kier molecular flexibility index (Phi) is 5.53. The predicted molar refractivity (Wildman–Crippen MR) is 109 cm³/mol. The average Bonchev–Trinajstić information content (AvgIpc) is 3.17. The molecule has 0 aromatic heterocycles. The number of carbonyl (C=O) groups excluding carboxylic acids is 1. The highest BCUT2D eigenvalue weighted by molar-refractivity contribution is 5.89. The highest BCUT2D eigenvalue weighted by atomic mass is 19.4. The Morgan fingerprint density at radius 1 is 1.10 bits per heavy atom. The summed E-state index contributed by atoms with van der Waals surface area (Å²) < 4.78 is 43.4. The molecular weight excluding hydrogens is 411 g/mol. The van der Waals surface area contributed by atoms with E-state index in [1.165, 1.54) is 12.1 Å². The van der Waals surface area contributed by atoms with Crippen molar-refractivity contribution in [2.24, 2.45) is 0 Å². The van der Waals surface area contributed by atoms with Crippen LogP contribution in [0.3, 0.4) is 0 Å². The summed E-state index contributed by atoms with van der Waals surface area (Å²) in [6.07, 6.45) is -1.33. The van der Waals surface area contributed by atoms with Crippen molar-refractivity contribution in [3.63, 3.8) is 0 Å². The number of amides is 2. The first-order valence-corrected chi connectivity index (χ1v) is 9.82. The SMILES string of the molecule is COc1ccc(NC(=O)N2CCC3(C=C(c4ccc(C(F)(F)F)cc4)NO3)CC2)cc1. The molecule has 2 aromatic rings. The molecule has 2 amide bonds.